The lowest BCUT2D eigenvalue weighted by molar-refractivity contribution is 0.0745. The lowest BCUT2D eigenvalue weighted by atomic mass is 10.1. The van der Waals surface area contributed by atoms with E-state index in [-0.39, 0.29) is 5.91 Å². The van der Waals surface area contributed by atoms with E-state index in [1.807, 2.05) is 20.8 Å². The minimum absolute atomic E-state index is 0.141. The lowest BCUT2D eigenvalue weighted by Gasteiger charge is -2.22. The van der Waals surface area contributed by atoms with Crippen LogP contribution in [0.2, 0.25) is 0 Å². The summed E-state index contributed by atoms with van der Waals surface area (Å²) >= 11 is 0. The van der Waals surface area contributed by atoms with E-state index in [0.29, 0.717) is 24.6 Å². The molecule has 1 amide bonds. The number of carbonyl (C=O) groups excluding carboxylic acids is 1. The number of pyridine rings is 1. The topological polar surface area (TPSA) is 33.2 Å². The first-order valence-corrected chi connectivity index (χ1v) is 5.45. The van der Waals surface area contributed by atoms with Crippen LogP contribution in [0.5, 0.6) is 0 Å². The van der Waals surface area contributed by atoms with Crippen LogP contribution < -0.4 is 0 Å². The Kier molecular flexibility index (Phi) is 4.40. The first-order valence-electron chi connectivity index (χ1n) is 5.45. The first-order chi connectivity index (χ1) is 7.54. The minimum Gasteiger partial charge on any atom is -0.339 e. The van der Waals surface area contributed by atoms with Crippen molar-refractivity contribution in [3.8, 4) is 0 Å². The van der Waals surface area contributed by atoms with Crippen LogP contribution in [0.15, 0.2) is 18.3 Å². The van der Waals surface area contributed by atoms with E-state index in [4.69, 9.17) is 0 Å². The number of amides is 1. The predicted molar refractivity (Wildman–Crippen MR) is 60.6 cm³/mol. The summed E-state index contributed by atoms with van der Waals surface area (Å²) in [6.45, 7) is 7.31. The van der Waals surface area contributed by atoms with E-state index in [0.717, 1.165) is 0 Å². The molecule has 0 unspecified atom stereocenters. The van der Waals surface area contributed by atoms with Gasteiger partial charge in [-0.3, -0.25) is 4.79 Å². The van der Waals surface area contributed by atoms with Gasteiger partial charge in [-0.25, -0.2) is 4.98 Å². The van der Waals surface area contributed by atoms with Crippen molar-refractivity contribution in [2.45, 2.75) is 20.8 Å². The fourth-order valence-corrected chi connectivity index (χ4v) is 1.51. The van der Waals surface area contributed by atoms with Crippen LogP contribution in [0.1, 0.15) is 31.1 Å². The van der Waals surface area contributed by atoms with Gasteiger partial charge in [-0.1, -0.05) is 13.8 Å². The fourth-order valence-electron chi connectivity index (χ4n) is 1.51. The molecule has 1 aromatic heterocycles. The minimum atomic E-state index is -0.619. The van der Waals surface area contributed by atoms with E-state index in [9.17, 15) is 9.18 Å². The molecule has 0 aliphatic heterocycles. The van der Waals surface area contributed by atoms with Crippen molar-refractivity contribution in [3.63, 3.8) is 0 Å². The van der Waals surface area contributed by atoms with Gasteiger partial charge in [0.2, 0.25) is 5.95 Å². The second kappa shape index (κ2) is 5.58. The van der Waals surface area contributed by atoms with Gasteiger partial charge >= 0.3 is 0 Å². The van der Waals surface area contributed by atoms with Crippen molar-refractivity contribution in [2.75, 3.05) is 13.1 Å². The van der Waals surface area contributed by atoms with E-state index in [1.165, 1.54) is 18.3 Å². The third-order valence-electron chi connectivity index (χ3n) is 2.23. The van der Waals surface area contributed by atoms with Crippen LogP contribution in [0.3, 0.4) is 0 Å². The SMILES string of the molecule is CCN(CC(C)C)C(=O)c1ccnc(F)c1. The second-order valence-corrected chi connectivity index (χ2v) is 4.10. The van der Waals surface area contributed by atoms with E-state index in [2.05, 4.69) is 4.98 Å². The number of aromatic nitrogens is 1. The summed E-state index contributed by atoms with van der Waals surface area (Å²) in [4.78, 5) is 17.1. The predicted octanol–water partition coefficient (Wildman–Crippen LogP) is 2.34. The molecule has 0 spiro atoms. The van der Waals surface area contributed by atoms with Gasteiger partial charge < -0.3 is 4.90 Å². The van der Waals surface area contributed by atoms with Gasteiger partial charge in [0.15, 0.2) is 0 Å². The van der Waals surface area contributed by atoms with Crippen molar-refractivity contribution in [2.24, 2.45) is 5.92 Å². The molecule has 1 heterocycles. The van der Waals surface area contributed by atoms with Gasteiger partial charge in [0, 0.05) is 30.9 Å². The van der Waals surface area contributed by atoms with Crippen LogP contribution in [-0.4, -0.2) is 28.9 Å². The highest BCUT2D eigenvalue weighted by atomic mass is 19.1. The van der Waals surface area contributed by atoms with Gasteiger partial charge in [0.25, 0.3) is 5.91 Å². The molecule has 0 aliphatic rings. The average molecular weight is 224 g/mol. The Bertz CT molecular complexity index is 366. The maximum atomic E-state index is 12.9. The average Bonchev–Trinajstić information content (AvgIpc) is 2.24. The molecule has 0 bridgehead atoms. The Hall–Kier alpha value is -1.45. The smallest absolute Gasteiger partial charge is 0.254 e. The molecule has 1 rings (SSSR count). The van der Waals surface area contributed by atoms with Gasteiger partial charge in [0.05, 0.1) is 0 Å². The molecular formula is C12H17FN2O. The highest BCUT2D eigenvalue weighted by Crippen LogP contribution is 2.07. The quantitative estimate of drug-likeness (QED) is 0.735. The molecule has 1 aromatic rings. The Morgan fingerprint density at radius 2 is 2.25 bits per heavy atom. The van der Waals surface area contributed by atoms with E-state index < -0.39 is 5.95 Å². The second-order valence-electron chi connectivity index (χ2n) is 4.10. The number of hydrogen-bond donors (Lipinski definition) is 0. The zero-order valence-corrected chi connectivity index (χ0v) is 9.90. The Morgan fingerprint density at radius 1 is 1.56 bits per heavy atom. The van der Waals surface area contributed by atoms with Crippen LogP contribution in [0.4, 0.5) is 4.39 Å². The van der Waals surface area contributed by atoms with Gasteiger partial charge in [-0.2, -0.15) is 4.39 Å². The summed E-state index contributed by atoms with van der Waals surface area (Å²) in [6.07, 6.45) is 1.31. The normalized spacial score (nSPS) is 10.6. The number of nitrogens with zero attached hydrogens (tertiary/aromatic N) is 2. The molecule has 0 fully saturated rings. The number of carbonyl (C=O) groups is 1. The van der Waals surface area contributed by atoms with Crippen molar-refractivity contribution in [3.05, 3.63) is 29.8 Å². The molecule has 0 saturated heterocycles. The number of hydrogen-bond acceptors (Lipinski definition) is 2. The van der Waals surface area contributed by atoms with Crippen molar-refractivity contribution in [1.29, 1.82) is 0 Å². The molecule has 0 atom stereocenters. The van der Waals surface area contributed by atoms with Crippen LogP contribution in [0, 0.1) is 11.9 Å². The zero-order valence-electron chi connectivity index (χ0n) is 9.90. The van der Waals surface area contributed by atoms with Crippen LogP contribution in [0.25, 0.3) is 0 Å². The summed E-state index contributed by atoms with van der Waals surface area (Å²) in [6, 6.07) is 2.71. The summed E-state index contributed by atoms with van der Waals surface area (Å²) in [7, 11) is 0. The van der Waals surface area contributed by atoms with E-state index >= 15 is 0 Å². The summed E-state index contributed by atoms with van der Waals surface area (Å²) < 4.78 is 12.9. The number of halogens is 1. The molecule has 4 heteroatoms. The van der Waals surface area contributed by atoms with Gasteiger partial charge in [-0.15, -0.1) is 0 Å². The monoisotopic (exact) mass is 224 g/mol. The van der Waals surface area contributed by atoms with Crippen molar-refractivity contribution >= 4 is 5.91 Å². The fraction of sp³-hybridized carbons (Fsp3) is 0.500. The van der Waals surface area contributed by atoms with Crippen LogP contribution in [-0.2, 0) is 0 Å². The summed E-state index contributed by atoms with van der Waals surface area (Å²) in [5.74, 6) is -0.362. The van der Waals surface area contributed by atoms with Crippen molar-refractivity contribution in [1.82, 2.24) is 9.88 Å². The maximum absolute atomic E-state index is 12.9. The largest absolute Gasteiger partial charge is 0.339 e. The molecule has 0 N–H and O–H groups in total. The Morgan fingerprint density at radius 3 is 2.75 bits per heavy atom. The summed E-state index contributed by atoms with van der Waals surface area (Å²) in [5, 5.41) is 0. The van der Waals surface area contributed by atoms with Gasteiger partial charge in [-0.05, 0) is 18.9 Å². The molecule has 0 aromatic carbocycles. The molecule has 0 saturated carbocycles. The first kappa shape index (κ1) is 12.6. The molecule has 3 nitrogen and oxygen atoms in total. The van der Waals surface area contributed by atoms with Crippen molar-refractivity contribution < 1.29 is 9.18 Å². The molecular weight excluding hydrogens is 207 g/mol. The molecule has 88 valence electrons. The third-order valence-corrected chi connectivity index (χ3v) is 2.23. The third kappa shape index (κ3) is 3.29. The highest BCUT2D eigenvalue weighted by molar-refractivity contribution is 5.94. The highest BCUT2D eigenvalue weighted by Gasteiger charge is 2.15. The molecule has 16 heavy (non-hydrogen) atoms. The molecule has 0 radical (unpaired) electrons. The zero-order chi connectivity index (χ0) is 12.1. The van der Waals surface area contributed by atoms with E-state index in [1.54, 1.807) is 4.90 Å². The van der Waals surface area contributed by atoms with Gasteiger partial charge in [0.1, 0.15) is 0 Å². The lowest BCUT2D eigenvalue weighted by Crippen LogP contribution is -2.34. The summed E-state index contributed by atoms with van der Waals surface area (Å²) in [5.41, 5.74) is 0.356. The van der Waals surface area contributed by atoms with Crippen LogP contribution >= 0.6 is 0 Å². The Labute approximate surface area is 95.3 Å². The standard InChI is InChI=1S/C12H17FN2O/c1-4-15(8-9(2)3)12(16)10-5-6-14-11(13)7-10/h5-7,9H,4,8H2,1-3H3. The maximum Gasteiger partial charge on any atom is 0.254 e. The molecule has 0 aliphatic carbocycles. The Balaban J connectivity index is 2.82. The number of rotatable bonds is 4.